The average Bonchev–Trinajstić information content (AvgIpc) is 2.71. The summed E-state index contributed by atoms with van der Waals surface area (Å²) in [6, 6.07) is 8.07. The second-order valence-corrected chi connectivity index (χ2v) is 6.74. The molecule has 2 aromatic rings. The Hall–Kier alpha value is -2.67. The van der Waals surface area contributed by atoms with E-state index in [9.17, 15) is 9.18 Å². The summed E-state index contributed by atoms with van der Waals surface area (Å²) < 4.78 is 24.5. The third-order valence-corrected chi connectivity index (χ3v) is 4.52. The van der Waals surface area contributed by atoms with Gasteiger partial charge in [-0.2, -0.15) is 4.98 Å². The molecule has 3 rings (SSSR count). The first kappa shape index (κ1) is 20.1. The second kappa shape index (κ2) is 9.50. The summed E-state index contributed by atoms with van der Waals surface area (Å²) in [6.45, 7) is 7.40. The monoisotopic (exact) mass is 387 g/mol. The molecule has 1 aliphatic heterocycles. The minimum absolute atomic E-state index is 0.231. The quantitative estimate of drug-likeness (QED) is 0.791. The number of hydrogen-bond acceptors (Lipinski definition) is 5. The first-order valence-electron chi connectivity index (χ1n) is 9.58. The summed E-state index contributed by atoms with van der Waals surface area (Å²) in [5.74, 6) is 0.508. The first-order valence-corrected chi connectivity index (χ1v) is 9.58. The van der Waals surface area contributed by atoms with Gasteiger partial charge in [0.25, 0.3) is 5.91 Å². The number of hydrogen-bond donors (Lipinski definition) is 1. The van der Waals surface area contributed by atoms with Crippen LogP contribution in [0.5, 0.6) is 5.88 Å². The highest BCUT2D eigenvalue weighted by Gasteiger charge is 2.21. The van der Waals surface area contributed by atoms with Crippen LogP contribution in [0, 0.1) is 12.7 Å². The van der Waals surface area contributed by atoms with Crippen LogP contribution < -0.4 is 15.0 Å². The minimum atomic E-state index is -0.327. The molecular formula is C21H26FN3O3. The van der Waals surface area contributed by atoms with Gasteiger partial charge in [-0.15, -0.1) is 0 Å². The summed E-state index contributed by atoms with van der Waals surface area (Å²) in [5, 5.41) is 2.84. The molecule has 0 atom stereocenters. The smallest absolute Gasteiger partial charge is 0.257 e. The van der Waals surface area contributed by atoms with Crippen molar-refractivity contribution in [3.63, 3.8) is 0 Å². The number of aryl methyl sites for hydroxylation is 1. The van der Waals surface area contributed by atoms with Crippen molar-refractivity contribution in [3.05, 3.63) is 52.8 Å². The lowest BCUT2D eigenvalue weighted by molar-refractivity contribution is 0.0945. The Labute approximate surface area is 164 Å². The molecule has 1 fully saturated rings. The lowest BCUT2D eigenvalue weighted by Crippen LogP contribution is -2.37. The van der Waals surface area contributed by atoms with Crippen molar-refractivity contribution in [2.24, 2.45) is 0 Å². The van der Waals surface area contributed by atoms with E-state index in [1.54, 1.807) is 12.1 Å². The summed E-state index contributed by atoms with van der Waals surface area (Å²) in [4.78, 5) is 19.6. The fraction of sp³-hybridized carbons (Fsp3) is 0.429. The molecule has 7 heteroatoms. The van der Waals surface area contributed by atoms with Gasteiger partial charge < -0.3 is 19.7 Å². The van der Waals surface area contributed by atoms with Crippen molar-refractivity contribution < 1.29 is 18.7 Å². The maximum absolute atomic E-state index is 13.3. The van der Waals surface area contributed by atoms with Crippen LogP contribution in [0.4, 0.5) is 10.2 Å². The first-order chi connectivity index (χ1) is 13.6. The largest absolute Gasteiger partial charge is 0.477 e. The lowest BCUT2D eigenvalue weighted by Gasteiger charge is -2.28. The van der Waals surface area contributed by atoms with Crippen LogP contribution in [0.2, 0.25) is 0 Å². The Morgan fingerprint density at radius 2 is 2.11 bits per heavy atom. The molecule has 0 spiro atoms. The molecule has 28 heavy (non-hydrogen) atoms. The van der Waals surface area contributed by atoms with Gasteiger partial charge in [-0.05, 0) is 42.7 Å². The normalized spacial score (nSPS) is 14.0. The van der Waals surface area contributed by atoms with E-state index in [1.165, 1.54) is 12.1 Å². The van der Waals surface area contributed by atoms with Crippen molar-refractivity contribution in [2.75, 3.05) is 37.8 Å². The van der Waals surface area contributed by atoms with Crippen molar-refractivity contribution in [3.8, 4) is 5.88 Å². The van der Waals surface area contributed by atoms with Gasteiger partial charge in [0.15, 0.2) is 0 Å². The molecule has 150 valence electrons. The summed E-state index contributed by atoms with van der Waals surface area (Å²) in [7, 11) is 0. The Kier molecular flexibility index (Phi) is 6.81. The Morgan fingerprint density at radius 3 is 2.82 bits per heavy atom. The van der Waals surface area contributed by atoms with Gasteiger partial charge >= 0.3 is 0 Å². The number of carbonyl (C=O) groups is 1. The second-order valence-electron chi connectivity index (χ2n) is 6.74. The molecule has 1 amide bonds. The van der Waals surface area contributed by atoms with Crippen molar-refractivity contribution in [1.29, 1.82) is 0 Å². The van der Waals surface area contributed by atoms with Gasteiger partial charge in [0, 0.05) is 19.6 Å². The van der Waals surface area contributed by atoms with E-state index >= 15 is 0 Å². The third-order valence-electron chi connectivity index (χ3n) is 4.52. The zero-order chi connectivity index (χ0) is 19.9. The highest BCUT2D eigenvalue weighted by molar-refractivity contribution is 5.98. The number of rotatable bonds is 7. The molecular weight excluding hydrogens is 361 g/mol. The molecule has 0 unspecified atom stereocenters. The molecule has 0 bridgehead atoms. The number of pyridine rings is 1. The highest BCUT2D eigenvalue weighted by Crippen LogP contribution is 2.26. The fourth-order valence-corrected chi connectivity index (χ4v) is 3.08. The molecule has 0 saturated carbocycles. The number of ether oxygens (including phenoxy) is 2. The van der Waals surface area contributed by atoms with Crippen LogP contribution in [0.1, 0.15) is 34.8 Å². The molecule has 0 aliphatic carbocycles. The van der Waals surface area contributed by atoms with Gasteiger partial charge in [-0.3, -0.25) is 4.79 Å². The van der Waals surface area contributed by atoms with E-state index in [-0.39, 0.29) is 18.3 Å². The number of morpholine rings is 1. The van der Waals surface area contributed by atoms with Crippen LogP contribution >= 0.6 is 0 Å². The van der Waals surface area contributed by atoms with Crippen LogP contribution in [0.25, 0.3) is 0 Å². The molecule has 0 radical (unpaired) electrons. The van der Waals surface area contributed by atoms with Crippen LogP contribution in [-0.2, 0) is 11.3 Å². The molecule has 1 aromatic heterocycles. The topological polar surface area (TPSA) is 63.7 Å². The molecule has 2 heterocycles. The standard InChI is InChI=1S/C21H26FN3O3/c1-3-9-28-21-19(20(26)23-14-16-5-4-6-17(22)13-16)15(2)12-18(24-21)25-7-10-27-11-8-25/h4-6,12-13H,3,7-11,14H2,1-2H3,(H,23,26). The van der Waals surface area contributed by atoms with Crippen LogP contribution in [0.15, 0.2) is 30.3 Å². The average molecular weight is 387 g/mol. The minimum Gasteiger partial charge on any atom is -0.477 e. The van der Waals surface area contributed by atoms with E-state index in [4.69, 9.17) is 9.47 Å². The molecule has 6 nitrogen and oxygen atoms in total. The summed E-state index contributed by atoms with van der Waals surface area (Å²) in [5.41, 5.74) is 1.90. The molecule has 1 aromatic carbocycles. The third kappa shape index (κ3) is 4.98. The van der Waals surface area contributed by atoms with Gasteiger partial charge in [0.05, 0.1) is 19.8 Å². The molecule has 1 aliphatic rings. The number of nitrogens with zero attached hydrogens (tertiary/aromatic N) is 2. The summed E-state index contributed by atoms with van der Waals surface area (Å²) in [6.07, 6.45) is 0.812. The van der Waals surface area contributed by atoms with Gasteiger partial charge in [-0.1, -0.05) is 19.1 Å². The lowest BCUT2D eigenvalue weighted by atomic mass is 10.1. The van der Waals surface area contributed by atoms with Gasteiger partial charge in [0.1, 0.15) is 17.2 Å². The van der Waals surface area contributed by atoms with E-state index in [0.717, 1.165) is 30.9 Å². The van der Waals surface area contributed by atoms with Crippen molar-refractivity contribution in [2.45, 2.75) is 26.8 Å². The number of amides is 1. The SMILES string of the molecule is CCCOc1nc(N2CCOCC2)cc(C)c1C(=O)NCc1cccc(F)c1. The fourth-order valence-electron chi connectivity index (χ4n) is 3.08. The number of aromatic nitrogens is 1. The maximum Gasteiger partial charge on any atom is 0.257 e. The van der Waals surface area contributed by atoms with Crippen molar-refractivity contribution >= 4 is 11.7 Å². The number of nitrogens with one attached hydrogen (secondary N) is 1. The summed E-state index contributed by atoms with van der Waals surface area (Å²) >= 11 is 0. The van der Waals surface area contributed by atoms with Gasteiger partial charge in [0.2, 0.25) is 5.88 Å². The van der Waals surface area contributed by atoms with E-state index in [1.807, 2.05) is 19.9 Å². The maximum atomic E-state index is 13.3. The predicted molar refractivity (Wildman–Crippen MR) is 105 cm³/mol. The number of carbonyl (C=O) groups excluding carboxylic acids is 1. The molecule has 1 N–H and O–H groups in total. The highest BCUT2D eigenvalue weighted by atomic mass is 19.1. The Balaban J connectivity index is 1.81. The van der Waals surface area contributed by atoms with Crippen LogP contribution in [0.3, 0.4) is 0 Å². The predicted octanol–water partition coefficient (Wildman–Crippen LogP) is 3.08. The van der Waals surface area contributed by atoms with E-state index in [0.29, 0.717) is 36.8 Å². The zero-order valence-corrected chi connectivity index (χ0v) is 16.3. The number of anilines is 1. The molecule has 1 saturated heterocycles. The van der Waals surface area contributed by atoms with Crippen molar-refractivity contribution in [1.82, 2.24) is 10.3 Å². The van der Waals surface area contributed by atoms with E-state index < -0.39 is 0 Å². The van der Waals surface area contributed by atoms with Crippen LogP contribution in [-0.4, -0.2) is 43.8 Å². The van der Waals surface area contributed by atoms with Gasteiger partial charge in [-0.25, -0.2) is 4.39 Å². The van der Waals surface area contributed by atoms with E-state index in [2.05, 4.69) is 15.2 Å². The Bertz CT molecular complexity index is 823. The number of benzene rings is 1. The number of halogens is 1. The Morgan fingerprint density at radius 1 is 1.32 bits per heavy atom. The zero-order valence-electron chi connectivity index (χ0n) is 16.3.